The number of hydrogen-bond donors (Lipinski definition) is 2. The van der Waals surface area contributed by atoms with Crippen molar-refractivity contribution in [2.24, 2.45) is 0 Å². The number of nitrogen functional groups attached to an aromatic ring is 1. The maximum atomic E-state index is 11.5. The largest absolute Gasteiger partial charge is 0.492 e. The van der Waals surface area contributed by atoms with Crippen LogP contribution in [0.5, 0.6) is 5.75 Å². The van der Waals surface area contributed by atoms with Gasteiger partial charge in [0.1, 0.15) is 12.4 Å². The van der Waals surface area contributed by atoms with Gasteiger partial charge in [0, 0.05) is 25.4 Å². The monoisotopic (exact) mass is 274 g/mol. The fourth-order valence-corrected chi connectivity index (χ4v) is 2.09. The first-order valence-electron chi connectivity index (χ1n) is 5.48. The molecule has 0 heterocycles. The van der Waals surface area contributed by atoms with Crippen LogP contribution in [0.25, 0.3) is 0 Å². The van der Waals surface area contributed by atoms with Crippen LogP contribution in [0.4, 0.5) is 5.69 Å². The highest BCUT2D eigenvalue weighted by atomic mass is 32.2. The minimum atomic E-state index is -3.32. The van der Waals surface area contributed by atoms with Crippen LogP contribution in [0.2, 0.25) is 0 Å². The van der Waals surface area contributed by atoms with Crippen molar-refractivity contribution in [3.63, 3.8) is 0 Å². The molecule has 7 heteroatoms. The van der Waals surface area contributed by atoms with E-state index >= 15 is 0 Å². The van der Waals surface area contributed by atoms with E-state index in [0.29, 0.717) is 18.0 Å². The molecule has 0 aliphatic rings. The van der Waals surface area contributed by atoms with Crippen molar-refractivity contribution in [2.75, 3.05) is 38.4 Å². The second kappa shape index (κ2) is 7.20. The zero-order valence-electron chi connectivity index (χ0n) is 10.3. The van der Waals surface area contributed by atoms with Crippen LogP contribution >= 0.6 is 0 Å². The summed E-state index contributed by atoms with van der Waals surface area (Å²) in [7, 11) is -1.81. The summed E-state index contributed by atoms with van der Waals surface area (Å²) in [4.78, 5) is 0. The molecule has 1 rings (SSSR count). The lowest BCUT2D eigenvalue weighted by Crippen LogP contribution is -2.31. The Hall–Kier alpha value is -1.31. The lowest BCUT2D eigenvalue weighted by atomic mass is 10.3. The van der Waals surface area contributed by atoms with Crippen molar-refractivity contribution in [1.29, 1.82) is 0 Å². The van der Waals surface area contributed by atoms with Crippen molar-refractivity contribution in [2.45, 2.75) is 0 Å². The van der Waals surface area contributed by atoms with Gasteiger partial charge >= 0.3 is 0 Å². The number of sulfonamides is 1. The van der Waals surface area contributed by atoms with Gasteiger partial charge in [-0.15, -0.1) is 0 Å². The minimum Gasteiger partial charge on any atom is -0.492 e. The molecule has 0 spiro atoms. The summed E-state index contributed by atoms with van der Waals surface area (Å²) in [5, 5.41) is 0. The van der Waals surface area contributed by atoms with Gasteiger partial charge in [0.2, 0.25) is 10.0 Å². The molecule has 0 saturated heterocycles. The van der Waals surface area contributed by atoms with E-state index in [1.807, 2.05) is 0 Å². The van der Waals surface area contributed by atoms with Crippen molar-refractivity contribution in [1.82, 2.24) is 4.72 Å². The van der Waals surface area contributed by atoms with Crippen molar-refractivity contribution < 1.29 is 17.9 Å². The SMILES string of the molecule is COCCNS(=O)(=O)CCOc1cccc(N)c1. The van der Waals surface area contributed by atoms with Gasteiger partial charge < -0.3 is 15.2 Å². The quantitative estimate of drug-likeness (QED) is 0.522. The third-order valence-corrected chi connectivity index (χ3v) is 3.46. The second-order valence-electron chi connectivity index (χ2n) is 3.63. The molecule has 1 aromatic carbocycles. The molecule has 0 amide bonds. The van der Waals surface area contributed by atoms with Gasteiger partial charge in [0.25, 0.3) is 0 Å². The van der Waals surface area contributed by atoms with Gasteiger partial charge in [-0.3, -0.25) is 0 Å². The van der Waals surface area contributed by atoms with E-state index in [4.69, 9.17) is 15.2 Å². The van der Waals surface area contributed by atoms with E-state index in [0.717, 1.165) is 0 Å². The molecule has 0 bridgehead atoms. The highest BCUT2D eigenvalue weighted by Gasteiger charge is 2.09. The Balaban J connectivity index is 2.32. The van der Waals surface area contributed by atoms with Crippen LogP contribution in [0.1, 0.15) is 0 Å². The standard InChI is InChI=1S/C11H18N2O4S/c1-16-6-5-13-18(14,15)8-7-17-11-4-2-3-10(12)9-11/h2-4,9,13H,5-8,12H2,1H3. The normalized spacial score (nSPS) is 11.4. The first-order chi connectivity index (χ1) is 8.53. The van der Waals surface area contributed by atoms with Gasteiger partial charge in [-0.2, -0.15) is 0 Å². The predicted molar refractivity (Wildman–Crippen MR) is 70.0 cm³/mol. The number of benzene rings is 1. The van der Waals surface area contributed by atoms with E-state index in [1.165, 1.54) is 7.11 Å². The first-order valence-corrected chi connectivity index (χ1v) is 7.13. The molecule has 6 nitrogen and oxygen atoms in total. The van der Waals surface area contributed by atoms with Gasteiger partial charge in [-0.25, -0.2) is 13.1 Å². The summed E-state index contributed by atoms with van der Waals surface area (Å²) in [6.45, 7) is 0.679. The third kappa shape index (κ3) is 5.85. The van der Waals surface area contributed by atoms with Crippen LogP contribution < -0.4 is 15.2 Å². The fraction of sp³-hybridized carbons (Fsp3) is 0.455. The minimum absolute atomic E-state index is 0.0752. The van der Waals surface area contributed by atoms with Crippen LogP contribution in [-0.4, -0.2) is 41.0 Å². The summed E-state index contributed by atoms with van der Waals surface area (Å²) < 4.78 is 35.4. The number of anilines is 1. The van der Waals surface area contributed by atoms with Crippen molar-refractivity contribution in [3.8, 4) is 5.75 Å². The molecule has 18 heavy (non-hydrogen) atoms. The first kappa shape index (κ1) is 14.7. The molecule has 0 unspecified atom stereocenters. The molecule has 0 atom stereocenters. The Bertz CT molecular complexity index is 462. The lowest BCUT2D eigenvalue weighted by Gasteiger charge is -2.08. The molecular formula is C11H18N2O4S. The molecule has 0 radical (unpaired) electrons. The topological polar surface area (TPSA) is 90.6 Å². The molecule has 3 N–H and O–H groups in total. The Morgan fingerprint density at radius 3 is 2.78 bits per heavy atom. The Kier molecular flexibility index (Phi) is 5.90. The van der Waals surface area contributed by atoms with Crippen LogP contribution in [0.15, 0.2) is 24.3 Å². The third-order valence-electron chi connectivity index (χ3n) is 2.11. The molecule has 0 aromatic heterocycles. The summed E-state index contributed by atoms with van der Waals surface area (Å²) in [6, 6.07) is 6.85. The Morgan fingerprint density at radius 1 is 1.33 bits per heavy atom. The Labute approximate surface area is 107 Å². The van der Waals surface area contributed by atoms with Crippen molar-refractivity contribution in [3.05, 3.63) is 24.3 Å². The van der Waals surface area contributed by atoms with Gasteiger partial charge in [0.05, 0.1) is 12.4 Å². The summed E-state index contributed by atoms with van der Waals surface area (Å²) in [5.74, 6) is 0.452. The predicted octanol–water partition coefficient (Wildman–Crippen LogP) is 0.213. The van der Waals surface area contributed by atoms with Gasteiger partial charge in [-0.05, 0) is 12.1 Å². The lowest BCUT2D eigenvalue weighted by molar-refractivity contribution is 0.204. The zero-order chi connectivity index (χ0) is 13.4. The molecule has 1 aromatic rings. The van der Waals surface area contributed by atoms with E-state index in [9.17, 15) is 8.42 Å². The van der Waals surface area contributed by atoms with Crippen molar-refractivity contribution >= 4 is 15.7 Å². The van der Waals surface area contributed by atoms with Gasteiger partial charge in [0.15, 0.2) is 0 Å². The molecule has 0 saturated carbocycles. The molecular weight excluding hydrogens is 256 g/mol. The number of nitrogens with two attached hydrogens (primary N) is 1. The fourth-order valence-electron chi connectivity index (χ4n) is 1.24. The highest BCUT2D eigenvalue weighted by molar-refractivity contribution is 7.89. The van der Waals surface area contributed by atoms with Crippen LogP contribution in [0, 0.1) is 0 Å². The average molecular weight is 274 g/mol. The molecule has 0 aliphatic heterocycles. The van der Waals surface area contributed by atoms with E-state index in [1.54, 1.807) is 24.3 Å². The van der Waals surface area contributed by atoms with E-state index in [-0.39, 0.29) is 18.9 Å². The number of ether oxygens (including phenoxy) is 2. The maximum Gasteiger partial charge on any atom is 0.215 e. The number of methoxy groups -OCH3 is 1. The summed E-state index contributed by atoms with van der Waals surface area (Å²) in [6.07, 6.45) is 0. The zero-order valence-corrected chi connectivity index (χ0v) is 11.1. The van der Waals surface area contributed by atoms with Crippen LogP contribution in [-0.2, 0) is 14.8 Å². The highest BCUT2D eigenvalue weighted by Crippen LogP contribution is 2.14. The number of nitrogens with one attached hydrogen (secondary N) is 1. The summed E-state index contributed by atoms with van der Waals surface area (Å²) in [5.41, 5.74) is 6.15. The summed E-state index contributed by atoms with van der Waals surface area (Å²) >= 11 is 0. The smallest absolute Gasteiger partial charge is 0.215 e. The average Bonchev–Trinajstić information content (AvgIpc) is 2.29. The molecule has 102 valence electrons. The second-order valence-corrected chi connectivity index (χ2v) is 5.55. The number of hydrogen-bond acceptors (Lipinski definition) is 5. The molecule has 0 fully saturated rings. The van der Waals surface area contributed by atoms with E-state index in [2.05, 4.69) is 4.72 Å². The molecule has 0 aliphatic carbocycles. The maximum absolute atomic E-state index is 11.5. The van der Waals surface area contributed by atoms with Gasteiger partial charge in [-0.1, -0.05) is 6.07 Å². The van der Waals surface area contributed by atoms with E-state index < -0.39 is 10.0 Å². The number of rotatable bonds is 8. The Morgan fingerprint density at radius 2 is 2.11 bits per heavy atom. The van der Waals surface area contributed by atoms with Crippen LogP contribution in [0.3, 0.4) is 0 Å².